The van der Waals surface area contributed by atoms with Crippen molar-refractivity contribution in [2.24, 2.45) is 0 Å². The number of benzene rings is 11. The molecule has 7 aromatic rings. The van der Waals surface area contributed by atoms with Gasteiger partial charge in [0, 0.05) is 89.1 Å². The third-order valence-corrected chi connectivity index (χ3v) is 12.6. The molecule has 4 aliphatic rings. The zero-order valence-corrected chi connectivity index (χ0v) is 37.5. The van der Waals surface area contributed by atoms with E-state index in [1.807, 2.05) is 45.2 Å². The summed E-state index contributed by atoms with van der Waals surface area (Å²) in [6, 6.07) is 29.0. The Labute approximate surface area is 393 Å². The second kappa shape index (κ2) is 16.8. The minimum Gasteiger partial charge on any atom is -0.423 e. The molecule has 0 saturated heterocycles. The summed E-state index contributed by atoms with van der Waals surface area (Å²) >= 11 is 3.93. The van der Waals surface area contributed by atoms with Crippen LogP contribution in [-0.2, 0) is 0 Å². The Balaban J connectivity index is 0.000000145. The highest BCUT2D eigenvalue weighted by Gasteiger charge is 2.28. The summed E-state index contributed by atoms with van der Waals surface area (Å²) in [4.78, 5) is 102. The maximum atomic E-state index is 14.4. The van der Waals surface area contributed by atoms with Crippen molar-refractivity contribution < 1.29 is 23.2 Å². The van der Waals surface area contributed by atoms with Crippen molar-refractivity contribution in [1.29, 1.82) is 0 Å². The quantitative estimate of drug-likeness (QED) is 0.0920. The van der Waals surface area contributed by atoms with Crippen LogP contribution in [0.2, 0.25) is 0 Å². The number of hydrogen-bond donors (Lipinski definition) is 2. The minimum absolute atomic E-state index is 0.0611. The molecule has 0 bridgehead atoms. The molecule has 66 heavy (non-hydrogen) atoms. The van der Waals surface area contributed by atoms with Crippen LogP contribution in [0.3, 0.4) is 0 Å². The Kier molecular flexibility index (Phi) is 11.3. The summed E-state index contributed by atoms with van der Waals surface area (Å²) in [5, 5.41) is 17.6. The van der Waals surface area contributed by atoms with Crippen molar-refractivity contribution in [3.63, 3.8) is 0 Å². The summed E-state index contributed by atoms with van der Waals surface area (Å²) in [6.45, 7) is 0. The van der Waals surface area contributed by atoms with Crippen molar-refractivity contribution in [1.82, 2.24) is 0 Å². The second-order valence-corrected chi connectivity index (χ2v) is 17.6. The van der Waals surface area contributed by atoms with Gasteiger partial charge in [-0.2, -0.15) is 0 Å². The van der Waals surface area contributed by atoms with Gasteiger partial charge in [0.15, 0.2) is 0 Å². The predicted molar refractivity (Wildman–Crippen MR) is 266 cm³/mol. The molecular weight excluding hydrogens is 1080 g/mol. The van der Waals surface area contributed by atoms with E-state index >= 15 is 0 Å². The van der Waals surface area contributed by atoms with Crippen molar-refractivity contribution in [2.75, 3.05) is 0 Å². The lowest BCUT2D eigenvalue weighted by Gasteiger charge is -2.17. The third-order valence-electron chi connectivity index (χ3n) is 11.3. The lowest BCUT2D eigenvalue weighted by Crippen LogP contribution is -2.32. The van der Waals surface area contributed by atoms with E-state index in [4.69, 9.17) is 10.0 Å². The molecular formula is C50H22BF3I2O10. The van der Waals surface area contributed by atoms with Gasteiger partial charge in [-0.3, -0.25) is 38.4 Å². The molecule has 0 spiro atoms. The summed E-state index contributed by atoms with van der Waals surface area (Å²) in [7, 11) is -1.72. The fourth-order valence-electron chi connectivity index (χ4n) is 8.37. The van der Waals surface area contributed by atoms with Crippen LogP contribution in [0, 0.1) is 24.6 Å². The SMILES string of the molecule is O=c1c(=O)c2cc(-c3ccccc3F)cc3c2-c2c1cc(-c1ccccc1F)cc2c(=O)c3=O.O=c1c(=O)c2cc(I)cc3c2-c2c1cc(I)cc2c(=O)c3=O.OB(O)c1ccccc1F. The Morgan fingerprint density at radius 3 is 0.833 bits per heavy atom. The normalized spacial score (nSPS) is 11.4. The van der Waals surface area contributed by atoms with Gasteiger partial charge in [-0.1, -0.05) is 54.6 Å². The van der Waals surface area contributed by atoms with Gasteiger partial charge < -0.3 is 10.0 Å². The molecule has 11 rings (SSSR count). The van der Waals surface area contributed by atoms with Gasteiger partial charge in [-0.25, -0.2) is 13.2 Å². The van der Waals surface area contributed by atoms with Crippen LogP contribution in [-0.4, -0.2) is 17.2 Å². The molecule has 7 aromatic carbocycles. The van der Waals surface area contributed by atoms with Crippen LogP contribution in [0.25, 0.3) is 87.6 Å². The molecule has 0 heterocycles. The first-order chi connectivity index (χ1) is 31.5. The Morgan fingerprint density at radius 2 is 0.591 bits per heavy atom. The Hall–Kier alpha value is -6.87. The van der Waals surface area contributed by atoms with E-state index in [1.54, 1.807) is 36.4 Å². The van der Waals surface area contributed by atoms with Gasteiger partial charge in [0.1, 0.15) is 17.5 Å². The molecule has 2 N–H and O–H groups in total. The standard InChI is InChI=1S/C28H12F2O4.C16H4I2O4.C6H6BFO2/c29-21-7-3-1-5-15(21)13-9-17-23-18(10-13)26(32)28(34)20-12-14(16-6-2-4-8-22(16)30)11-19(24(20)23)27(33)25(17)31;17-5-1-7-11-8(2-5)15(21)16(22)10-4-6(18)3-9(12(10)11)14(20)13(7)19;8-6-4-2-1-3-5(6)7(9)10/h1-12H;1-4H;1-4,9-10H. The van der Waals surface area contributed by atoms with Gasteiger partial charge in [-0.05, 0) is 123 Å². The lowest BCUT2D eigenvalue weighted by atomic mass is 9.80. The highest BCUT2D eigenvalue weighted by Crippen LogP contribution is 2.40. The minimum atomic E-state index is -1.72. The smallest absolute Gasteiger partial charge is 0.423 e. The first-order valence-electron chi connectivity index (χ1n) is 19.5. The molecule has 320 valence electrons. The van der Waals surface area contributed by atoms with E-state index in [0.717, 1.165) is 0 Å². The maximum Gasteiger partial charge on any atom is 0.491 e. The van der Waals surface area contributed by atoms with Crippen molar-refractivity contribution >= 4 is 101 Å². The largest absolute Gasteiger partial charge is 0.491 e. The topological polar surface area (TPSA) is 177 Å². The molecule has 16 heteroatoms. The van der Waals surface area contributed by atoms with Crippen molar-refractivity contribution in [3.8, 4) is 44.5 Å². The summed E-state index contributed by atoms with van der Waals surface area (Å²) in [5.41, 5.74) is -4.20. The molecule has 0 fully saturated rings. The first-order valence-corrected chi connectivity index (χ1v) is 21.6. The predicted octanol–water partition coefficient (Wildman–Crippen LogP) is 6.03. The monoisotopic (exact) mass is 1100 g/mol. The second-order valence-electron chi connectivity index (χ2n) is 15.1. The van der Waals surface area contributed by atoms with Gasteiger partial charge in [0.25, 0.3) is 0 Å². The summed E-state index contributed by atoms with van der Waals surface area (Å²) < 4.78 is 42.7. The Bertz CT molecular complexity index is 3760. The van der Waals surface area contributed by atoms with E-state index in [0.29, 0.717) is 18.3 Å². The third kappa shape index (κ3) is 7.20. The van der Waals surface area contributed by atoms with Gasteiger partial charge in [0.2, 0.25) is 43.4 Å². The molecule has 10 nitrogen and oxygen atoms in total. The van der Waals surface area contributed by atoms with Crippen LogP contribution in [0.15, 0.2) is 160 Å². The first kappa shape index (κ1) is 44.3. The molecule has 4 aliphatic carbocycles. The van der Waals surface area contributed by atoms with Gasteiger partial charge in [-0.15, -0.1) is 0 Å². The summed E-state index contributed by atoms with van der Waals surface area (Å²) in [6.07, 6.45) is 0. The van der Waals surface area contributed by atoms with E-state index in [-0.39, 0.29) is 81.9 Å². The van der Waals surface area contributed by atoms with E-state index in [2.05, 4.69) is 0 Å². The summed E-state index contributed by atoms with van der Waals surface area (Å²) in [5.74, 6) is -1.75. The highest BCUT2D eigenvalue weighted by atomic mass is 127. The van der Waals surface area contributed by atoms with E-state index < -0.39 is 68.0 Å². The van der Waals surface area contributed by atoms with Crippen LogP contribution in [0.1, 0.15) is 0 Å². The molecule has 0 saturated carbocycles. The van der Waals surface area contributed by atoms with Crippen LogP contribution in [0.4, 0.5) is 13.2 Å². The average molecular weight is 1100 g/mol. The molecule has 0 amide bonds. The number of halogens is 5. The molecule has 0 unspecified atom stereocenters. The van der Waals surface area contributed by atoms with E-state index in [1.165, 1.54) is 84.9 Å². The highest BCUT2D eigenvalue weighted by molar-refractivity contribution is 14.1. The maximum absolute atomic E-state index is 14.4. The average Bonchev–Trinajstić information content (AvgIpc) is 3.30. The van der Waals surface area contributed by atoms with E-state index in [9.17, 15) is 51.5 Å². The van der Waals surface area contributed by atoms with Gasteiger partial charge in [0.05, 0.1) is 0 Å². The zero-order valence-electron chi connectivity index (χ0n) is 33.2. The fraction of sp³-hybridized carbons (Fsp3) is 0. The van der Waals surface area contributed by atoms with Crippen molar-refractivity contribution in [2.45, 2.75) is 0 Å². The number of rotatable bonds is 3. The molecule has 0 aromatic heterocycles. The number of hydrogen-bond acceptors (Lipinski definition) is 10. The molecule has 0 atom stereocenters. The van der Waals surface area contributed by atoms with Crippen LogP contribution >= 0.6 is 45.2 Å². The Morgan fingerprint density at radius 1 is 0.348 bits per heavy atom. The van der Waals surface area contributed by atoms with Crippen molar-refractivity contribution in [3.05, 3.63) is 228 Å². The zero-order chi connectivity index (χ0) is 47.0. The fourth-order valence-corrected chi connectivity index (χ4v) is 9.62. The van der Waals surface area contributed by atoms with Crippen LogP contribution < -0.4 is 48.9 Å². The van der Waals surface area contributed by atoms with Gasteiger partial charge >= 0.3 is 7.12 Å². The van der Waals surface area contributed by atoms with Crippen LogP contribution in [0.5, 0.6) is 0 Å². The molecule has 0 radical (unpaired) electrons. The lowest BCUT2D eigenvalue weighted by molar-refractivity contribution is 0.423. The molecule has 0 aliphatic heterocycles.